The number of anilines is 1. The third kappa shape index (κ3) is 4.49. The van der Waals surface area contributed by atoms with Gasteiger partial charge in [-0.05, 0) is 49.2 Å². The van der Waals surface area contributed by atoms with Crippen molar-refractivity contribution in [1.29, 1.82) is 0 Å². The Morgan fingerprint density at radius 3 is 2.67 bits per heavy atom. The standard InChI is InChI=1S/C24H22FN5O4S2/c1-15(30-12-10-19-20(25)3-2-4-21(19)30)23(32)29-11-9-18(22(31)13-29)16-5-7-17(8-6-16)36(33,34)28-24-26-14-27-35-24/h2-8,10,12,14-15,18H,9,11,13H2,1H3,(H,26,27,28)/t15-,18?/m1/s1. The van der Waals surface area contributed by atoms with E-state index in [4.69, 9.17) is 0 Å². The quantitative estimate of drug-likeness (QED) is 0.410. The Bertz CT molecular complexity index is 1530. The zero-order valence-electron chi connectivity index (χ0n) is 19.2. The number of aromatic nitrogens is 3. The van der Waals surface area contributed by atoms with Gasteiger partial charge in [-0.1, -0.05) is 18.2 Å². The molecule has 1 saturated heterocycles. The number of carbonyl (C=O) groups excluding carboxylic acids is 2. The number of piperidine rings is 1. The van der Waals surface area contributed by atoms with E-state index in [-0.39, 0.29) is 34.1 Å². The fourth-order valence-electron chi connectivity index (χ4n) is 4.51. The molecule has 1 aliphatic rings. The number of carbonyl (C=O) groups is 2. The number of rotatable bonds is 6. The summed E-state index contributed by atoms with van der Waals surface area (Å²) in [6, 6.07) is 11.9. The van der Waals surface area contributed by atoms with Crippen molar-refractivity contribution in [1.82, 2.24) is 18.8 Å². The van der Waals surface area contributed by atoms with Gasteiger partial charge in [-0.15, -0.1) is 0 Å². The molecule has 1 fully saturated rings. The molecule has 2 atom stereocenters. The van der Waals surface area contributed by atoms with Crippen molar-refractivity contribution in [3.63, 3.8) is 0 Å². The van der Waals surface area contributed by atoms with Crippen molar-refractivity contribution in [2.45, 2.75) is 30.2 Å². The van der Waals surface area contributed by atoms with E-state index in [0.29, 0.717) is 29.4 Å². The number of Topliss-reactive ketones (excluding diaryl/α,β-unsaturated/α-hetero) is 1. The van der Waals surface area contributed by atoms with E-state index in [1.165, 1.54) is 29.4 Å². The van der Waals surface area contributed by atoms with Gasteiger partial charge in [0.1, 0.15) is 18.2 Å². The smallest absolute Gasteiger partial charge is 0.263 e. The maximum Gasteiger partial charge on any atom is 0.263 e. The maximum absolute atomic E-state index is 14.1. The number of benzene rings is 2. The molecule has 2 aromatic carbocycles. The Morgan fingerprint density at radius 1 is 1.19 bits per heavy atom. The summed E-state index contributed by atoms with van der Waals surface area (Å²) in [6.07, 6.45) is 3.36. The van der Waals surface area contributed by atoms with E-state index >= 15 is 0 Å². The summed E-state index contributed by atoms with van der Waals surface area (Å²) in [7, 11) is -3.82. The number of nitrogens with one attached hydrogen (secondary N) is 1. The first-order valence-electron chi connectivity index (χ1n) is 11.2. The van der Waals surface area contributed by atoms with Crippen molar-refractivity contribution in [3.05, 3.63) is 72.4 Å². The van der Waals surface area contributed by atoms with Gasteiger partial charge in [-0.3, -0.25) is 14.3 Å². The molecule has 1 unspecified atom stereocenters. The molecule has 0 aliphatic carbocycles. The average Bonchev–Trinajstić information content (AvgIpc) is 3.53. The monoisotopic (exact) mass is 527 g/mol. The van der Waals surface area contributed by atoms with Gasteiger partial charge >= 0.3 is 0 Å². The number of hydrogen-bond acceptors (Lipinski definition) is 7. The Kier molecular flexibility index (Phi) is 6.31. The van der Waals surface area contributed by atoms with Gasteiger partial charge in [-0.2, -0.15) is 4.37 Å². The number of halogens is 1. The SMILES string of the molecule is C[C@H](C(=O)N1CCC(c2ccc(S(=O)(=O)Nc3ncns3)cc2)C(=O)C1)n1ccc2c(F)cccc21. The van der Waals surface area contributed by atoms with Crippen LogP contribution in [0.1, 0.15) is 30.9 Å². The topological polar surface area (TPSA) is 114 Å². The highest BCUT2D eigenvalue weighted by Gasteiger charge is 2.33. The molecule has 4 aromatic rings. The minimum absolute atomic E-state index is 0.0416. The van der Waals surface area contributed by atoms with Gasteiger partial charge < -0.3 is 9.47 Å². The van der Waals surface area contributed by atoms with Crippen LogP contribution < -0.4 is 4.72 Å². The molecule has 12 heteroatoms. The lowest BCUT2D eigenvalue weighted by Gasteiger charge is -2.33. The van der Waals surface area contributed by atoms with Crippen LogP contribution in [0.5, 0.6) is 0 Å². The van der Waals surface area contributed by atoms with Crippen LogP contribution in [0.2, 0.25) is 0 Å². The zero-order valence-corrected chi connectivity index (χ0v) is 20.8. The van der Waals surface area contributed by atoms with Crippen LogP contribution in [0.3, 0.4) is 0 Å². The van der Waals surface area contributed by atoms with E-state index in [0.717, 1.165) is 11.5 Å². The average molecular weight is 528 g/mol. The van der Waals surface area contributed by atoms with Crippen LogP contribution in [0, 0.1) is 5.82 Å². The van der Waals surface area contributed by atoms with Crippen LogP contribution in [0.15, 0.2) is 66.0 Å². The Morgan fingerprint density at radius 2 is 1.97 bits per heavy atom. The molecule has 9 nitrogen and oxygen atoms in total. The molecule has 3 heterocycles. The van der Waals surface area contributed by atoms with Crippen LogP contribution in [0.25, 0.3) is 10.9 Å². The molecule has 1 aliphatic heterocycles. The summed E-state index contributed by atoms with van der Waals surface area (Å²) < 4.78 is 46.9. The molecule has 0 saturated carbocycles. The summed E-state index contributed by atoms with van der Waals surface area (Å²) in [5, 5.41) is 0.606. The number of hydrogen-bond donors (Lipinski definition) is 1. The number of sulfonamides is 1. The Labute approximate surface area is 210 Å². The second-order valence-electron chi connectivity index (χ2n) is 8.56. The van der Waals surface area contributed by atoms with Crippen molar-refractivity contribution >= 4 is 49.3 Å². The summed E-state index contributed by atoms with van der Waals surface area (Å²) in [4.78, 5) is 31.5. The normalized spacial score (nSPS) is 17.3. The molecule has 5 rings (SSSR count). The number of likely N-dealkylation sites (tertiary alicyclic amines) is 1. The van der Waals surface area contributed by atoms with Gasteiger partial charge in [0.15, 0.2) is 5.78 Å². The summed E-state index contributed by atoms with van der Waals surface area (Å²) >= 11 is 0.929. The lowest BCUT2D eigenvalue weighted by Crippen LogP contribution is -2.45. The highest BCUT2D eigenvalue weighted by molar-refractivity contribution is 7.93. The largest absolute Gasteiger partial charge is 0.335 e. The van der Waals surface area contributed by atoms with Crippen molar-refractivity contribution in [2.75, 3.05) is 17.8 Å². The third-order valence-electron chi connectivity index (χ3n) is 6.39. The number of amides is 1. The molecule has 1 amide bonds. The summed E-state index contributed by atoms with van der Waals surface area (Å²) in [6.45, 7) is 2.07. The van der Waals surface area contributed by atoms with Gasteiger partial charge in [-0.25, -0.2) is 17.8 Å². The lowest BCUT2D eigenvalue weighted by atomic mass is 9.88. The molecule has 36 heavy (non-hydrogen) atoms. The highest BCUT2D eigenvalue weighted by atomic mass is 32.2. The predicted molar refractivity (Wildman–Crippen MR) is 133 cm³/mol. The first-order chi connectivity index (χ1) is 17.2. The van der Waals surface area contributed by atoms with Crippen molar-refractivity contribution in [2.24, 2.45) is 0 Å². The van der Waals surface area contributed by atoms with Crippen LogP contribution in [-0.2, 0) is 19.6 Å². The van der Waals surface area contributed by atoms with E-state index in [9.17, 15) is 22.4 Å². The maximum atomic E-state index is 14.1. The molecule has 186 valence electrons. The molecule has 0 bridgehead atoms. The van der Waals surface area contributed by atoms with Gasteiger partial charge in [0, 0.05) is 35.6 Å². The first kappa shape index (κ1) is 24.1. The van der Waals surface area contributed by atoms with Crippen molar-refractivity contribution < 1.29 is 22.4 Å². The molecular weight excluding hydrogens is 505 g/mol. The number of fused-ring (bicyclic) bond motifs is 1. The Hall–Kier alpha value is -3.64. The predicted octanol–water partition coefficient (Wildman–Crippen LogP) is 3.58. The second kappa shape index (κ2) is 9.43. The second-order valence-corrected chi connectivity index (χ2v) is 11.0. The van der Waals surface area contributed by atoms with Gasteiger partial charge in [0.25, 0.3) is 10.0 Å². The van der Waals surface area contributed by atoms with Gasteiger partial charge in [0.2, 0.25) is 11.0 Å². The fraction of sp³-hybridized carbons (Fsp3) is 0.250. The van der Waals surface area contributed by atoms with Crippen LogP contribution >= 0.6 is 11.5 Å². The summed E-state index contributed by atoms with van der Waals surface area (Å²) in [5.41, 5.74) is 1.31. The van der Waals surface area contributed by atoms with E-state index in [2.05, 4.69) is 14.1 Å². The van der Waals surface area contributed by atoms with E-state index < -0.39 is 22.0 Å². The number of nitrogens with zero attached hydrogens (tertiary/aromatic N) is 4. The molecule has 2 aromatic heterocycles. The van der Waals surface area contributed by atoms with Gasteiger partial charge in [0.05, 0.1) is 17.0 Å². The summed E-state index contributed by atoms with van der Waals surface area (Å²) in [5.74, 6) is -1.11. The molecular formula is C24H22FN5O4S2. The number of ketones is 1. The van der Waals surface area contributed by atoms with E-state index in [1.807, 2.05) is 0 Å². The minimum atomic E-state index is -3.82. The minimum Gasteiger partial charge on any atom is -0.335 e. The van der Waals surface area contributed by atoms with Crippen molar-refractivity contribution in [3.8, 4) is 0 Å². The lowest BCUT2D eigenvalue weighted by molar-refractivity contribution is -0.140. The highest BCUT2D eigenvalue weighted by Crippen LogP contribution is 2.29. The van der Waals surface area contributed by atoms with Crippen LogP contribution in [0.4, 0.5) is 9.52 Å². The fourth-order valence-corrected chi connectivity index (χ4v) is 6.17. The first-order valence-corrected chi connectivity index (χ1v) is 13.5. The Balaban J connectivity index is 1.26. The molecule has 1 N–H and O–H groups in total. The zero-order chi connectivity index (χ0) is 25.4. The third-order valence-corrected chi connectivity index (χ3v) is 8.46. The van der Waals surface area contributed by atoms with Crippen LogP contribution in [-0.4, -0.2) is 52.0 Å². The molecule has 0 radical (unpaired) electrons. The molecule has 0 spiro atoms. The van der Waals surface area contributed by atoms with E-state index in [1.54, 1.807) is 48.0 Å².